The van der Waals surface area contributed by atoms with Crippen LogP contribution in [0.1, 0.15) is 13.3 Å². The topological polar surface area (TPSA) is 49.9 Å². The monoisotopic (exact) mass is 330 g/mol. The van der Waals surface area contributed by atoms with E-state index in [1.54, 1.807) is 21.8 Å². The second-order valence-electron chi connectivity index (χ2n) is 5.65. The van der Waals surface area contributed by atoms with Gasteiger partial charge in [0.1, 0.15) is 4.21 Å². The standard InChI is InChI=1S/C14H22N2O3S2/c1-2-15-7-8-19-13-11-16(6-5-12(13)10-15)21(17,18)14-4-3-9-20-14/h3-4,9,12-13H,2,5-8,10-11H2,1H3/t12-,13-/m0/s1. The van der Waals surface area contributed by atoms with Gasteiger partial charge in [-0.05, 0) is 24.4 Å². The summed E-state index contributed by atoms with van der Waals surface area (Å²) in [5.74, 6) is 0.447. The second-order valence-corrected chi connectivity index (χ2v) is 8.76. The van der Waals surface area contributed by atoms with Gasteiger partial charge in [0.15, 0.2) is 0 Å². The maximum absolute atomic E-state index is 12.6. The molecule has 1 aromatic heterocycles. The largest absolute Gasteiger partial charge is 0.375 e. The van der Waals surface area contributed by atoms with E-state index in [2.05, 4.69) is 11.8 Å². The molecular formula is C14H22N2O3S2. The zero-order valence-electron chi connectivity index (χ0n) is 12.3. The maximum Gasteiger partial charge on any atom is 0.252 e. The van der Waals surface area contributed by atoms with Crippen LogP contribution in [0.25, 0.3) is 0 Å². The molecule has 0 N–H and O–H groups in total. The molecule has 2 aliphatic rings. The van der Waals surface area contributed by atoms with Gasteiger partial charge in [-0.25, -0.2) is 8.42 Å². The van der Waals surface area contributed by atoms with Gasteiger partial charge >= 0.3 is 0 Å². The SMILES string of the molecule is CCN1CCO[C@H]2CN(S(=O)(=O)c3cccs3)CC[C@H]2C1. The smallest absolute Gasteiger partial charge is 0.252 e. The van der Waals surface area contributed by atoms with Crippen molar-refractivity contribution >= 4 is 21.4 Å². The Kier molecular flexibility index (Phi) is 4.66. The van der Waals surface area contributed by atoms with Crippen LogP contribution >= 0.6 is 11.3 Å². The molecule has 0 unspecified atom stereocenters. The molecule has 0 spiro atoms. The lowest BCUT2D eigenvalue weighted by molar-refractivity contribution is -0.00185. The average Bonchev–Trinajstić information content (AvgIpc) is 2.94. The fourth-order valence-corrected chi connectivity index (χ4v) is 5.75. The highest BCUT2D eigenvalue weighted by molar-refractivity contribution is 7.91. The number of thiophene rings is 1. The fraction of sp³-hybridized carbons (Fsp3) is 0.714. The molecule has 0 amide bonds. The summed E-state index contributed by atoms with van der Waals surface area (Å²) in [5.41, 5.74) is 0. The summed E-state index contributed by atoms with van der Waals surface area (Å²) in [6.45, 7) is 6.95. The number of hydrogen-bond acceptors (Lipinski definition) is 5. The zero-order chi connectivity index (χ0) is 14.9. The summed E-state index contributed by atoms with van der Waals surface area (Å²) < 4.78 is 33.2. The molecule has 0 saturated carbocycles. The van der Waals surface area contributed by atoms with E-state index >= 15 is 0 Å². The third-order valence-electron chi connectivity index (χ3n) is 4.43. The van der Waals surface area contributed by atoms with Crippen LogP contribution in [-0.4, -0.2) is 63.1 Å². The predicted octanol–water partition coefficient (Wildman–Crippen LogP) is 1.48. The molecule has 2 aliphatic heterocycles. The minimum absolute atomic E-state index is 0.0324. The third-order valence-corrected chi connectivity index (χ3v) is 7.67. The molecule has 0 aromatic carbocycles. The van der Waals surface area contributed by atoms with Crippen molar-refractivity contribution in [2.45, 2.75) is 23.7 Å². The van der Waals surface area contributed by atoms with Gasteiger partial charge in [0, 0.05) is 32.1 Å². The Morgan fingerprint density at radius 3 is 2.95 bits per heavy atom. The van der Waals surface area contributed by atoms with E-state index in [0.717, 1.165) is 26.1 Å². The van der Waals surface area contributed by atoms with Crippen LogP contribution in [0.3, 0.4) is 0 Å². The molecule has 21 heavy (non-hydrogen) atoms. The number of ether oxygens (including phenoxy) is 1. The summed E-state index contributed by atoms with van der Waals surface area (Å²) in [5, 5.41) is 1.81. The first-order valence-corrected chi connectivity index (χ1v) is 9.81. The van der Waals surface area contributed by atoms with Crippen molar-refractivity contribution in [3.63, 3.8) is 0 Å². The zero-order valence-corrected chi connectivity index (χ0v) is 13.9. The van der Waals surface area contributed by atoms with Gasteiger partial charge in [0.25, 0.3) is 10.0 Å². The summed E-state index contributed by atoms with van der Waals surface area (Å²) in [6, 6.07) is 3.46. The molecular weight excluding hydrogens is 308 g/mol. The van der Waals surface area contributed by atoms with Gasteiger partial charge in [0.2, 0.25) is 0 Å². The van der Waals surface area contributed by atoms with Crippen LogP contribution in [0, 0.1) is 5.92 Å². The van der Waals surface area contributed by atoms with Gasteiger partial charge in [-0.3, -0.25) is 0 Å². The molecule has 118 valence electrons. The van der Waals surface area contributed by atoms with Crippen LogP contribution in [0.15, 0.2) is 21.7 Å². The second kappa shape index (κ2) is 6.34. The minimum Gasteiger partial charge on any atom is -0.375 e. The van der Waals surface area contributed by atoms with Gasteiger partial charge in [0.05, 0.1) is 12.7 Å². The van der Waals surface area contributed by atoms with E-state index in [1.165, 1.54) is 11.3 Å². The third kappa shape index (κ3) is 3.17. The Labute approximate surface area is 130 Å². The predicted molar refractivity (Wildman–Crippen MR) is 83.0 cm³/mol. The molecule has 0 bridgehead atoms. The molecule has 0 radical (unpaired) electrons. The quantitative estimate of drug-likeness (QED) is 0.842. The molecule has 2 saturated heterocycles. The first kappa shape index (κ1) is 15.4. The van der Waals surface area contributed by atoms with E-state index in [0.29, 0.717) is 29.8 Å². The highest BCUT2D eigenvalue weighted by Crippen LogP contribution is 2.29. The van der Waals surface area contributed by atoms with E-state index in [1.807, 2.05) is 0 Å². The first-order valence-electron chi connectivity index (χ1n) is 7.49. The van der Waals surface area contributed by atoms with Crippen molar-refractivity contribution in [1.82, 2.24) is 9.21 Å². The molecule has 7 heteroatoms. The summed E-state index contributed by atoms with van der Waals surface area (Å²) in [7, 11) is -3.34. The highest BCUT2D eigenvalue weighted by atomic mass is 32.2. The average molecular weight is 330 g/mol. The number of nitrogens with zero attached hydrogens (tertiary/aromatic N) is 2. The van der Waals surface area contributed by atoms with Crippen LogP contribution in [0.5, 0.6) is 0 Å². The Hall–Kier alpha value is -0.470. The number of fused-ring (bicyclic) bond motifs is 1. The van der Waals surface area contributed by atoms with Gasteiger partial charge in [-0.15, -0.1) is 11.3 Å². The maximum atomic E-state index is 12.6. The van der Waals surface area contributed by atoms with Crippen LogP contribution in [0.2, 0.25) is 0 Å². The van der Waals surface area contributed by atoms with Gasteiger partial charge < -0.3 is 9.64 Å². The summed E-state index contributed by atoms with van der Waals surface area (Å²) >= 11 is 1.28. The van der Waals surface area contributed by atoms with Crippen molar-refractivity contribution in [3.8, 4) is 0 Å². The Bertz CT molecular complexity index is 559. The van der Waals surface area contributed by atoms with Crippen LogP contribution in [0.4, 0.5) is 0 Å². The number of sulfonamides is 1. The van der Waals surface area contributed by atoms with E-state index in [9.17, 15) is 8.42 Å². The fourth-order valence-electron chi connectivity index (χ4n) is 3.13. The van der Waals surface area contributed by atoms with Crippen LogP contribution < -0.4 is 0 Å². The number of hydrogen-bond donors (Lipinski definition) is 0. The van der Waals surface area contributed by atoms with E-state index < -0.39 is 10.0 Å². The lowest BCUT2D eigenvalue weighted by Gasteiger charge is -2.37. The lowest BCUT2D eigenvalue weighted by atomic mass is 9.94. The molecule has 3 rings (SSSR count). The normalized spacial score (nSPS) is 29.0. The molecule has 0 aliphatic carbocycles. The number of rotatable bonds is 3. The lowest BCUT2D eigenvalue weighted by Crippen LogP contribution is -2.48. The number of piperidine rings is 1. The Morgan fingerprint density at radius 1 is 1.38 bits per heavy atom. The van der Waals surface area contributed by atoms with E-state index in [4.69, 9.17) is 4.74 Å². The van der Waals surface area contributed by atoms with Gasteiger partial charge in [-0.1, -0.05) is 13.0 Å². The number of likely N-dealkylation sites (N-methyl/N-ethyl adjacent to an activating group) is 1. The van der Waals surface area contributed by atoms with Crippen molar-refractivity contribution in [3.05, 3.63) is 17.5 Å². The van der Waals surface area contributed by atoms with E-state index in [-0.39, 0.29) is 6.10 Å². The Balaban J connectivity index is 1.73. The molecule has 5 nitrogen and oxygen atoms in total. The summed E-state index contributed by atoms with van der Waals surface area (Å²) in [6.07, 6.45) is 0.913. The molecule has 2 fully saturated rings. The van der Waals surface area contributed by atoms with Gasteiger partial charge in [-0.2, -0.15) is 4.31 Å². The van der Waals surface area contributed by atoms with Crippen LogP contribution in [-0.2, 0) is 14.8 Å². The van der Waals surface area contributed by atoms with Crippen molar-refractivity contribution < 1.29 is 13.2 Å². The molecule has 1 aromatic rings. The van der Waals surface area contributed by atoms with Crippen molar-refractivity contribution in [2.75, 3.05) is 39.3 Å². The molecule has 3 heterocycles. The van der Waals surface area contributed by atoms with Crippen molar-refractivity contribution in [2.24, 2.45) is 5.92 Å². The minimum atomic E-state index is -3.34. The highest BCUT2D eigenvalue weighted by Gasteiger charge is 2.38. The summed E-state index contributed by atoms with van der Waals surface area (Å²) in [4.78, 5) is 2.40. The molecule has 2 atom stereocenters. The first-order chi connectivity index (χ1) is 10.1. The van der Waals surface area contributed by atoms with Crippen molar-refractivity contribution in [1.29, 1.82) is 0 Å². The Morgan fingerprint density at radius 2 is 2.24 bits per heavy atom.